The highest BCUT2D eigenvalue weighted by molar-refractivity contribution is 5.80. The van der Waals surface area contributed by atoms with Crippen molar-refractivity contribution in [2.45, 2.75) is 26.5 Å². The lowest BCUT2D eigenvalue weighted by molar-refractivity contribution is -0.127. The lowest BCUT2D eigenvalue weighted by Crippen LogP contribution is -2.36. The van der Waals surface area contributed by atoms with E-state index >= 15 is 0 Å². The van der Waals surface area contributed by atoms with E-state index in [-0.39, 0.29) is 24.0 Å². The molecule has 2 heterocycles. The molecule has 3 aromatic rings. The van der Waals surface area contributed by atoms with E-state index in [9.17, 15) is 9.18 Å². The third kappa shape index (κ3) is 4.00. The maximum Gasteiger partial charge on any atom is 0.261 e. The second-order valence-corrected chi connectivity index (χ2v) is 5.24. The average molecular weight is 346 g/mol. The van der Waals surface area contributed by atoms with E-state index in [1.165, 1.54) is 25.1 Å². The summed E-state index contributed by atoms with van der Waals surface area (Å²) in [5.41, 5.74) is 0.440. The minimum Gasteiger partial charge on any atom is -0.478 e. The zero-order valence-corrected chi connectivity index (χ0v) is 13.5. The Balaban J connectivity index is 1.55. The molecule has 0 saturated carbocycles. The molecular formula is C16H15FN4O4. The molecule has 1 N–H and O–H groups in total. The Bertz CT molecular complexity index is 876. The van der Waals surface area contributed by atoms with Crippen molar-refractivity contribution in [1.29, 1.82) is 0 Å². The van der Waals surface area contributed by atoms with E-state index in [0.717, 1.165) is 0 Å². The van der Waals surface area contributed by atoms with Crippen LogP contribution in [0.2, 0.25) is 0 Å². The molecule has 8 nitrogen and oxygen atoms in total. The maximum absolute atomic E-state index is 13.5. The summed E-state index contributed by atoms with van der Waals surface area (Å²) >= 11 is 0. The number of ether oxygens (including phenoxy) is 1. The number of nitrogens with zero attached hydrogens (tertiary/aromatic N) is 3. The number of carbonyl (C=O) groups is 1. The van der Waals surface area contributed by atoms with Gasteiger partial charge in [-0.1, -0.05) is 22.4 Å². The summed E-state index contributed by atoms with van der Waals surface area (Å²) in [7, 11) is 0. The van der Waals surface area contributed by atoms with Crippen LogP contribution in [-0.2, 0) is 11.3 Å². The van der Waals surface area contributed by atoms with Gasteiger partial charge in [-0.15, -0.1) is 0 Å². The number of amides is 1. The van der Waals surface area contributed by atoms with Gasteiger partial charge in [-0.05, 0) is 26.0 Å². The number of para-hydroxylation sites is 1. The molecule has 3 rings (SSSR count). The van der Waals surface area contributed by atoms with Crippen LogP contribution in [0.1, 0.15) is 18.6 Å². The lowest BCUT2D eigenvalue weighted by Gasteiger charge is -2.14. The van der Waals surface area contributed by atoms with Gasteiger partial charge in [-0.3, -0.25) is 4.79 Å². The second-order valence-electron chi connectivity index (χ2n) is 5.24. The van der Waals surface area contributed by atoms with Gasteiger partial charge >= 0.3 is 0 Å². The van der Waals surface area contributed by atoms with Gasteiger partial charge in [0.2, 0.25) is 11.7 Å². The first-order chi connectivity index (χ1) is 12.0. The van der Waals surface area contributed by atoms with Crippen LogP contribution >= 0.6 is 0 Å². The number of nitrogens with one attached hydrogen (secondary N) is 1. The van der Waals surface area contributed by atoms with Gasteiger partial charge in [0.25, 0.3) is 5.91 Å². The predicted molar refractivity (Wildman–Crippen MR) is 82.9 cm³/mol. The number of hydrogen-bond donors (Lipinski definition) is 1. The molecule has 0 radical (unpaired) electrons. The summed E-state index contributed by atoms with van der Waals surface area (Å²) in [6, 6.07) is 7.53. The van der Waals surface area contributed by atoms with Crippen LogP contribution in [0.4, 0.5) is 4.39 Å². The van der Waals surface area contributed by atoms with Crippen molar-refractivity contribution in [2.75, 3.05) is 0 Å². The molecule has 1 aromatic carbocycles. The van der Waals surface area contributed by atoms with Crippen LogP contribution in [0, 0.1) is 12.7 Å². The minimum atomic E-state index is -0.891. The zero-order chi connectivity index (χ0) is 17.8. The summed E-state index contributed by atoms with van der Waals surface area (Å²) in [4.78, 5) is 16.1. The van der Waals surface area contributed by atoms with Gasteiger partial charge in [0.15, 0.2) is 23.4 Å². The Labute approximate surface area is 142 Å². The molecule has 130 valence electrons. The average Bonchev–Trinajstić information content (AvgIpc) is 3.23. The minimum absolute atomic E-state index is 0.00614. The number of rotatable bonds is 6. The van der Waals surface area contributed by atoms with Gasteiger partial charge in [0, 0.05) is 6.07 Å². The Morgan fingerprint density at radius 1 is 1.32 bits per heavy atom. The molecule has 0 bridgehead atoms. The summed E-state index contributed by atoms with van der Waals surface area (Å²) < 4.78 is 28.8. The molecule has 0 aliphatic carbocycles. The highest BCUT2D eigenvalue weighted by Crippen LogP contribution is 2.17. The Morgan fingerprint density at radius 3 is 2.84 bits per heavy atom. The van der Waals surface area contributed by atoms with E-state index in [0.29, 0.717) is 11.5 Å². The first-order valence-corrected chi connectivity index (χ1v) is 7.48. The summed E-state index contributed by atoms with van der Waals surface area (Å²) in [6.07, 6.45) is -0.891. The zero-order valence-electron chi connectivity index (χ0n) is 13.5. The molecule has 0 spiro atoms. The fourth-order valence-electron chi connectivity index (χ4n) is 1.99. The highest BCUT2D eigenvalue weighted by Gasteiger charge is 2.18. The molecule has 0 fully saturated rings. The fraction of sp³-hybridized carbons (Fsp3) is 0.250. The molecule has 2 aromatic heterocycles. The van der Waals surface area contributed by atoms with Crippen molar-refractivity contribution < 1.29 is 23.0 Å². The van der Waals surface area contributed by atoms with Crippen molar-refractivity contribution >= 4 is 5.91 Å². The number of hydrogen-bond acceptors (Lipinski definition) is 7. The van der Waals surface area contributed by atoms with Crippen LogP contribution in [0.15, 0.2) is 39.4 Å². The second kappa shape index (κ2) is 7.12. The molecule has 0 saturated heterocycles. The van der Waals surface area contributed by atoms with Crippen LogP contribution in [0.25, 0.3) is 11.5 Å². The van der Waals surface area contributed by atoms with Crippen molar-refractivity contribution in [3.05, 3.63) is 47.8 Å². The quantitative estimate of drug-likeness (QED) is 0.730. The molecule has 1 unspecified atom stereocenters. The first-order valence-electron chi connectivity index (χ1n) is 7.48. The summed E-state index contributed by atoms with van der Waals surface area (Å²) in [5.74, 6) is 0.103. The smallest absolute Gasteiger partial charge is 0.261 e. The molecule has 0 aliphatic rings. The first kappa shape index (κ1) is 16.6. The van der Waals surface area contributed by atoms with Crippen LogP contribution in [0.3, 0.4) is 0 Å². The lowest BCUT2D eigenvalue weighted by atomic mass is 10.3. The number of aromatic nitrogens is 3. The van der Waals surface area contributed by atoms with E-state index in [1.807, 2.05) is 0 Å². The molecule has 1 atom stereocenters. The van der Waals surface area contributed by atoms with Crippen molar-refractivity contribution in [1.82, 2.24) is 20.6 Å². The molecule has 1 amide bonds. The van der Waals surface area contributed by atoms with E-state index in [4.69, 9.17) is 13.8 Å². The predicted octanol–water partition coefficient (Wildman–Crippen LogP) is 2.26. The molecule has 25 heavy (non-hydrogen) atoms. The number of halogens is 1. The molecular weight excluding hydrogens is 331 g/mol. The molecule has 9 heteroatoms. The summed E-state index contributed by atoms with van der Waals surface area (Å²) in [6.45, 7) is 3.27. The SMILES string of the molecule is Cc1cc(-c2noc(CNC(=O)C(C)Oc3ccccc3F)n2)no1. The third-order valence-corrected chi connectivity index (χ3v) is 3.25. The largest absolute Gasteiger partial charge is 0.478 e. The number of benzene rings is 1. The molecule has 0 aliphatic heterocycles. The van der Waals surface area contributed by atoms with Crippen LogP contribution < -0.4 is 10.1 Å². The van der Waals surface area contributed by atoms with Gasteiger partial charge in [-0.2, -0.15) is 4.98 Å². The Morgan fingerprint density at radius 2 is 2.12 bits per heavy atom. The monoisotopic (exact) mass is 346 g/mol. The number of aryl methyl sites for hydroxylation is 1. The van der Waals surface area contributed by atoms with Crippen LogP contribution in [-0.4, -0.2) is 27.3 Å². The van der Waals surface area contributed by atoms with Gasteiger partial charge in [-0.25, -0.2) is 4.39 Å². The number of carbonyl (C=O) groups excluding carboxylic acids is 1. The Hall–Kier alpha value is -3.23. The van der Waals surface area contributed by atoms with Crippen molar-refractivity contribution in [2.24, 2.45) is 0 Å². The van der Waals surface area contributed by atoms with Gasteiger partial charge < -0.3 is 19.1 Å². The normalized spacial score (nSPS) is 12.0. The highest BCUT2D eigenvalue weighted by atomic mass is 19.1. The van der Waals surface area contributed by atoms with Crippen molar-refractivity contribution in [3.8, 4) is 17.3 Å². The topological polar surface area (TPSA) is 103 Å². The van der Waals surface area contributed by atoms with E-state index in [1.54, 1.807) is 19.1 Å². The van der Waals surface area contributed by atoms with Crippen molar-refractivity contribution in [3.63, 3.8) is 0 Å². The summed E-state index contributed by atoms with van der Waals surface area (Å²) in [5, 5.41) is 10.1. The fourth-order valence-corrected chi connectivity index (χ4v) is 1.99. The van der Waals surface area contributed by atoms with Gasteiger partial charge in [0.05, 0.1) is 6.54 Å². The van der Waals surface area contributed by atoms with Crippen LogP contribution in [0.5, 0.6) is 5.75 Å². The van der Waals surface area contributed by atoms with E-state index in [2.05, 4.69) is 20.6 Å². The Kier molecular flexibility index (Phi) is 4.73. The maximum atomic E-state index is 13.5. The van der Waals surface area contributed by atoms with E-state index < -0.39 is 17.8 Å². The standard InChI is InChI=1S/C16H15FN4O4/c1-9-7-12(20-24-9)15-19-14(25-21-15)8-18-16(22)10(2)23-13-6-4-3-5-11(13)17/h3-7,10H,8H2,1-2H3,(H,18,22). The van der Waals surface area contributed by atoms with Gasteiger partial charge in [0.1, 0.15) is 5.76 Å². The third-order valence-electron chi connectivity index (χ3n) is 3.25.